The average molecular weight is 286 g/mol. The lowest BCUT2D eigenvalue weighted by Gasteiger charge is -2.22. The number of aromatic nitrogens is 1. The van der Waals surface area contributed by atoms with Gasteiger partial charge in [-0.2, -0.15) is 0 Å². The highest BCUT2D eigenvalue weighted by Crippen LogP contribution is 2.31. The number of rotatable bonds is 2. The standard InChI is InChI=1S/C16H18N2O3/c1-10-8-13-6-4-5-7-14(13)18(10)15(19)9-17-11(2)12(3)21-16(17)20/h4-7,10H,8-9H2,1-3H3. The number of amides is 1. The number of hydrogen-bond acceptors (Lipinski definition) is 3. The highest BCUT2D eigenvalue weighted by Gasteiger charge is 2.31. The first-order valence-corrected chi connectivity index (χ1v) is 7.06. The van der Waals surface area contributed by atoms with Crippen LogP contribution in [0.4, 0.5) is 5.69 Å². The van der Waals surface area contributed by atoms with E-state index in [4.69, 9.17) is 4.42 Å². The second-order valence-corrected chi connectivity index (χ2v) is 5.54. The Labute approximate surface area is 122 Å². The second-order valence-electron chi connectivity index (χ2n) is 5.54. The molecule has 1 aliphatic heterocycles. The Hall–Kier alpha value is -2.30. The van der Waals surface area contributed by atoms with Crippen LogP contribution in [-0.2, 0) is 17.8 Å². The van der Waals surface area contributed by atoms with E-state index < -0.39 is 5.76 Å². The van der Waals surface area contributed by atoms with Gasteiger partial charge in [-0.1, -0.05) is 18.2 Å². The van der Waals surface area contributed by atoms with Crippen LogP contribution in [-0.4, -0.2) is 16.5 Å². The lowest BCUT2D eigenvalue weighted by atomic mass is 10.1. The van der Waals surface area contributed by atoms with Crippen molar-refractivity contribution in [1.82, 2.24) is 4.57 Å². The predicted molar refractivity (Wildman–Crippen MR) is 79.5 cm³/mol. The summed E-state index contributed by atoms with van der Waals surface area (Å²) in [5.74, 6) is -0.000365. The molecule has 2 heterocycles. The molecule has 1 aliphatic rings. The first-order chi connectivity index (χ1) is 9.99. The molecule has 3 rings (SSSR count). The Balaban J connectivity index is 1.91. The third-order valence-corrected chi connectivity index (χ3v) is 4.14. The zero-order valence-corrected chi connectivity index (χ0v) is 12.4. The van der Waals surface area contributed by atoms with Crippen LogP contribution in [0.5, 0.6) is 0 Å². The molecule has 0 radical (unpaired) electrons. The van der Waals surface area contributed by atoms with Gasteiger partial charge >= 0.3 is 5.76 Å². The summed E-state index contributed by atoms with van der Waals surface area (Å²) < 4.78 is 6.44. The number of carbonyl (C=O) groups is 1. The van der Waals surface area contributed by atoms with Crippen molar-refractivity contribution in [1.29, 1.82) is 0 Å². The molecule has 1 unspecified atom stereocenters. The number of aryl methyl sites for hydroxylation is 1. The molecule has 110 valence electrons. The van der Waals surface area contributed by atoms with E-state index in [0.717, 1.165) is 12.1 Å². The summed E-state index contributed by atoms with van der Waals surface area (Å²) in [6.07, 6.45) is 0.847. The number of oxazole rings is 1. The molecule has 5 heteroatoms. The summed E-state index contributed by atoms with van der Waals surface area (Å²) in [6.45, 7) is 5.55. The van der Waals surface area contributed by atoms with Crippen molar-refractivity contribution in [2.75, 3.05) is 4.90 Å². The monoisotopic (exact) mass is 286 g/mol. The minimum absolute atomic E-state index is 0.0146. The summed E-state index contributed by atoms with van der Waals surface area (Å²) >= 11 is 0. The number of nitrogens with zero attached hydrogens (tertiary/aromatic N) is 2. The summed E-state index contributed by atoms with van der Waals surface area (Å²) in [4.78, 5) is 26.2. The van der Waals surface area contributed by atoms with Crippen LogP contribution in [0.3, 0.4) is 0 Å². The van der Waals surface area contributed by atoms with Crippen LogP contribution in [0.2, 0.25) is 0 Å². The summed E-state index contributed by atoms with van der Waals surface area (Å²) in [7, 11) is 0. The fourth-order valence-corrected chi connectivity index (χ4v) is 2.93. The van der Waals surface area contributed by atoms with Gasteiger partial charge in [0.25, 0.3) is 0 Å². The van der Waals surface area contributed by atoms with Gasteiger partial charge < -0.3 is 9.32 Å². The second kappa shape index (κ2) is 4.91. The molecular formula is C16H18N2O3. The van der Waals surface area contributed by atoms with E-state index in [1.165, 1.54) is 10.1 Å². The van der Waals surface area contributed by atoms with Crippen molar-refractivity contribution in [2.45, 2.75) is 39.8 Å². The Kier molecular flexibility index (Phi) is 3.20. The van der Waals surface area contributed by atoms with E-state index in [9.17, 15) is 9.59 Å². The molecule has 0 saturated heterocycles. The number of fused-ring (bicyclic) bond motifs is 1. The minimum Gasteiger partial charge on any atom is -0.413 e. The number of carbonyl (C=O) groups excluding carboxylic acids is 1. The Morgan fingerprint density at radius 2 is 2.05 bits per heavy atom. The van der Waals surface area contributed by atoms with E-state index in [0.29, 0.717) is 11.5 Å². The van der Waals surface area contributed by atoms with Gasteiger partial charge in [0.15, 0.2) is 0 Å². The van der Waals surface area contributed by atoms with Crippen LogP contribution in [0.1, 0.15) is 23.9 Å². The zero-order valence-electron chi connectivity index (χ0n) is 12.4. The van der Waals surface area contributed by atoms with E-state index >= 15 is 0 Å². The predicted octanol–water partition coefficient (Wildman–Crippen LogP) is 2.04. The zero-order chi connectivity index (χ0) is 15.1. The van der Waals surface area contributed by atoms with Gasteiger partial charge in [0.1, 0.15) is 12.3 Å². The first kappa shape index (κ1) is 13.7. The van der Waals surface area contributed by atoms with Crippen LogP contribution >= 0.6 is 0 Å². The number of para-hydroxylation sites is 1. The molecule has 1 amide bonds. The van der Waals surface area contributed by atoms with E-state index in [1.54, 1.807) is 18.7 Å². The van der Waals surface area contributed by atoms with Crippen LogP contribution < -0.4 is 10.7 Å². The van der Waals surface area contributed by atoms with Crippen molar-refractivity contribution in [2.24, 2.45) is 0 Å². The van der Waals surface area contributed by atoms with E-state index in [1.807, 2.05) is 31.2 Å². The van der Waals surface area contributed by atoms with Crippen LogP contribution in [0.25, 0.3) is 0 Å². The van der Waals surface area contributed by atoms with Gasteiger partial charge in [0, 0.05) is 11.7 Å². The molecule has 0 fully saturated rings. The fraction of sp³-hybridized carbons (Fsp3) is 0.375. The normalized spacial score (nSPS) is 17.1. The number of hydrogen-bond donors (Lipinski definition) is 0. The lowest BCUT2D eigenvalue weighted by Crippen LogP contribution is -2.39. The third-order valence-electron chi connectivity index (χ3n) is 4.14. The molecule has 0 bridgehead atoms. The summed E-state index contributed by atoms with van der Waals surface area (Å²) in [5, 5.41) is 0. The van der Waals surface area contributed by atoms with Crippen LogP contribution in [0.15, 0.2) is 33.5 Å². The van der Waals surface area contributed by atoms with Crippen molar-refractivity contribution in [3.05, 3.63) is 51.8 Å². The number of benzene rings is 1. The average Bonchev–Trinajstić information content (AvgIpc) is 2.89. The summed E-state index contributed by atoms with van der Waals surface area (Å²) in [5.41, 5.74) is 2.82. The molecule has 2 aromatic rings. The third kappa shape index (κ3) is 2.18. The Bertz CT molecular complexity index is 757. The quantitative estimate of drug-likeness (QED) is 0.849. The van der Waals surface area contributed by atoms with Crippen molar-refractivity contribution in [3.63, 3.8) is 0 Å². The lowest BCUT2D eigenvalue weighted by molar-refractivity contribution is -0.119. The van der Waals surface area contributed by atoms with Crippen molar-refractivity contribution < 1.29 is 9.21 Å². The largest absolute Gasteiger partial charge is 0.419 e. The van der Waals surface area contributed by atoms with Crippen molar-refractivity contribution in [3.8, 4) is 0 Å². The van der Waals surface area contributed by atoms with Crippen molar-refractivity contribution >= 4 is 11.6 Å². The Morgan fingerprint density at radius 1 is 1.33 bits per heavy atom. The van der Waals surface area contributed by atoms with Gasteiger partial charge in [-0.05, 0) is 38.8 Å². The topological polar surface area (TPSA) is 55.5 Å². The van der Waals surface area contributed by atoms with E-state index in [-0.39, 0.29) is 18.5 Å². The van der Waals surface area contributed by atoms with Gasteiger partial charge in [-0.15, -0.1) is 0 Å². The minimum atomic E-state index is -0.474. The molecule has 1 atom stereocenters. The highest BCUT2D eigenvalue weighted by atomic mass is 16.4. The highest BCUT2D eigenvalue weighted by molar-refractivity contribution is 5.96. The van der Waals surface area contributed by atoms with Gasteiger partial charge in [-0.25, -0.2) is 4.79 Å². The molecular weight excluding hydrogens is 268 g/mol. The van der Waals surface area contributed by atoms with Gasteiger partial charge in [0.2, 0.25) is 5.91 Å². The number of anilines is 1. The molecule has 1 aromatic heterocycles. The van der Waals surface area contributed by atoms with E-state index in [2.05, 4.69) is 0 Å². The molecule has 5 nitrogen and oxygen atoms in total. The molecule has 0 aliphatic carbocycles. The smallest absolute Gasteiger partial charge is 0.413 e. The fourth-order valence-electron chi connectivity index (χ4n) is 2.93. The molecule has 0 N–H and O–H groups in total. The SMILES string of the molecule is Cc1oc(=O)n(CC(=O)N2c3ccccc3CC2C)c1C. The molecule has 0 saturated carbocycles. The van der Waals surface area contributed by atoms with Gasteiger partial charge in [-0.3, -0.25) is 9.36 Å². The molecule has 0 spiro atoms. The summed E-state index contributed by atoms with van der Waals surface area (Å²) in [6, 6.07) is 8.01. The first-order valence-electron chi connectivity index (χ1n) is 7.06. The maximum absolute atomic E-state index is 12.6. The maximum atomic E-state index is 12.6. The van der Waals surface area contributed by atoms with Gasteiger partial charge in [0.05, 0.1) is 5.69 Å². The Morgan fingerprint density at radius 3 is 2.71 bits per heavy atom. The maximum Gasteiger partial charge on any atom is 0.419 e. The molecule has 21 heavy (non-hydrogen) atoms. The molecule has 1 aromatic carbocycles. The van der Waals surface area contributed by atoms with Crippen LogP contribution in [0, 0.1) is 13.8 Å².